The molecule has 0 aliphatic heterocycles. The highest BCUT2D eigenvalue weighted by Crippen LogP contribution is 2.26. The van der Waals surface area contributed by atoms with Crippen molar-refractivity contribution in [3.8, 4) is 0 Å². The zero-order valence-electron chi connectivity index (χ0n) is 8.74. The molecule has 0 heterocycles. The molecule has 2 saturated carbocycles. The van der Waals surface area contributed by atoms with Gasteiger partial charge in [0.15, 0.2) is 0 Å². The van der Waals surface area contributed by atoms with E-state index in [1.54, 1.807) is 0 Å². The zero-order valence-corrected chi connectivity index (χ0v) is 8.74. The fraction of sp³-hybridized carbons (Fsp3) is 0.818. The van der Waals surface area contributed by atoms with Crippen molar-refractivity contribution < 1.29 is 14.7 Å². The van der Waals surface area contributed by atoms with Crippen molar-refractivity contribution in [1.29, 1.82) is 0 Å². The first-order valence-electron chi connectivity index (χ1n) is 5.64. The molecule has 4 nitrogen and oxygen atoms in total. The molecular formula is C11H17NO3. The van der Waals surface area contributed by atoms with E-state index >= 15 is 0 Å². The van der Waals surface area contributed by atoms with Gasteiger partial charge in [-0.05, 0) is 12.8 Å². The van der Waals surface area contributed by atoms with E-state index in [-0.39, 0.29) is 29.6 Å². The van der Waals surface area contributed by atoms with Crippen molar-refractivity contribution in [3.05, 3.63) is 0 Å². The Bertz CT molecular complexity index is 269. The molecule has 2 atom stereocenters. The molecule has 15 heavy (non-hydrogen) atoms. The van der Waals surface area contributed by atoms with Crippen LogP contribution in [0.4, 0.5) is 0 Å². The smallest absolute Gasteiger partial charge is 0.224 e. The molecule has 2 fully saturated rings. The Balaban J connectivity index is 1.69. The van der Waals surface area contributed by atoms with Gasteiger partial charge < -0.3 is 10.4 Å². The van der Waals surface area contributed by atoms with E-state index in [4.69, 9.17) is 0 Å². The first-order chi connectivity index (χ1) is 7.16. The maximum Gasteiger partial charge on any atom is 0.224 e. The Hall–Kier alpha value is -0.900. The van der Waals surface area contributed by atoms with E-state index in [9.17, 15) is 14.7 Å². The normalized spacial score (nSPS) is 31.4. The van der Waals surface area contributed by atoms with Crippen LogP contribution in [0.5, 0.6) is 0 Å². The number of carbonyl (C=O) groups is 2. The third kappa shape index (κ3) is 2.37. The summed E-state index contributed by atoms with van der Waals surface area (Å²) in [7, 11) is 0. The third-order valence-corrected chi connectivity index (χ3v) is 3.48. The summed E-state index contributed by atoms with van der Waals surface area (Å²) in [6.07, 6.45) is 3.43. The fourth-order valence-corrected chi connectivity index (χ4v) is 2.31. The number of amides is 1. The summed E-state index contributed by atoms with van der Waals surface area (Å²) in [4.78, 5) is 22.2. The van der Waals surface area contributed by atoms with E-state index in [2.05, 4.69) is 5.32 Å². The van der Waals surface area contributed by atoms with Gasteiger partial charge in [-0.3, -0.25) is 9.59 Å². The molecule has 0 radical (unpaired) electrons. The predicted molar refractivity (Wildman–Crippen MR) is 54.1 cm³/mol. The summed E-state index contributed by atoms with van der Waals surface area (Å²) < 4.78 is 0. The Morgan fingerprint density at radius 3 is 2.67 bits per heavy atom. The molecule has 2 rings (SSSR count). The molecule has 0 aromatic carbocycles. The second-order valence-electron chi connectivity index (χ2n) is 4.65. The molecule has 2 N–H and O–H groups in total. The van der Waals surface area contributed by atoms with Crippen LogP contribution in [0.25, 0.3) is 0 Å². The Morgan fingerprint density at radius 2 is 2.13 bits per heavy atom. The van der Waals surface area contributed by atoms with Crippen LogP contribution >= 0.6 is 0 Å². The van der Waals surface area contributed by atoms with E-state index < -0.39 is 0 Å². The average Bonchev–Trinajstić information content (AvgIpc) is 2.55. The highest BCUT2D eigenvalue weighted by molar-refractivity contribution is 5.96. The minimum absolute atomic E-state index is 0.0197. The summed E-state index contributed by atoms with van der Waals surface area (Å²) in [5.41, 5.74) is 0. The maximum atomic E-state index is 11.5. The van der Waals surface area contributed by atoms with Crippen molar-refractivity contribution in [3.63, 3.8) is 0 Å². The molecule has 0 aromatic rings. The van der Waals surface area contributed by atoms with Crippen LogP contribution in [0.1, 0.15) is 32.1 Å². The molecule has 2 aliphatic rings. The molecule has 4 heteroatoms. The summed E-state index contributed by atoms with van der Waals surface area (Å²) in [5, 5.41) is 12.4. The Kier molecular flexibility index (Phi) is 3.05. The zero-order chi connectivity index (χ0) is 10.8. The monoisotopic (exact) mass is 211 g/mol. The second kappa shape index (κ2) is 4.31. The number of carbonyl (C=O) groups excluding carboxylic acids is 2. The number of hydrogen-bond donors (Lipinski definition) is 2. The molecular weight excluding hydrogens is 194 g/mol. The molecule has 1 amide bonds. The average molecular weight is 211 g/mol. The van der Waals surface area contributed by atoms with Crippen LogP contribution in [0, 0.1) is 11.8 Å². The Morgan fingerprint density at radius 1 is 1.40 bits per heavy atom. The van der Waals surface area contributed by atoms with Crippen LogP contribution in [0.2, 0.25) is 0 Å². The van der Waals surface area contributed by atoms with Crippen molar-refractivity contribution in [1.82, 2.24) is 5.32 Å². The largest absolute Gasteiger partial charge is 0.393 e. The second-order valence-corrected chi connectivity index (χ2v) is 4.65. The van der Waals surface area contributed by atoms with Gasteiger partial charge in [0.25, 0.3) is 0 Å². The standard InChI is InChI=1S/C11H17NO3/c13-9-4-8(5-9)11(15)12-6-7-2-1-3-10(7)14/h7-8,10,14H,1-6H2,(H,12,15). The quantitative estimate of drug-likeness (QED) is 0.703. The van der Waals surface area contributed by atoms with Gasteiger partial charge >= 0.3 is 0 Å². The van der Waals surface area contributed by atoms with Gasteiger partial charge in [-0.1, -0.05) is 6.42 Å². The lowest BCUT2D eigenvalue weighted by molar-refractivity contribution is -0.138. The molecule has 84 valence electrons. The van der Waals surface area contributed by atoms with Gasteiger partial charge in [-0.2, -0.15) is 0 Å². The molecule has 0 bridgehead atoms. The van der Waals surface area contributed by atoms with Crippen molar-refractivity contribution in [2.45, 2.75) is 38.2 Å². The number of rotatable bonds is 3. The van der Waals surface area contributed by atoms with Crippen molar-refractivity contribution in [2.75, 3.05) is 6.54 Å². The van der Waals surface area contributed by atoms with Gasteiger partial charge in [0.05, 0.1) is 12.0 Å². The fourth-order valence-electron chi connectivity index (χ4n) is 2.31. The van der Waals surface area contributed by atoms with Gasteiger partial charge in [-0.15, -0.1) is 0 Å². The minimum Gasteiger partial charge on any atom is -0.393 e. The summed E-state index contributed by atoms with van der Waals surface area (Å²) in [6.45, 7) is 0.560. The lowest BCUT2D eigenvalue weighted by atomic mass is 9.83. The SMILES string of the molecule is O=C1CC(C(=O)NCC2CCCC2O)C1. The van der Waals surface area contributed by atoms with Crippen LogP contribution in [0.15, 0.2) is 0 Å². The molecule has 0 spiro atoms. The molecule has 2 aliphatic carbocycles. The number of aliphatic hydroxyl groups is 1. The number of hydrogen-bond acceptors (Lipinski definition) is 3. The van der Waals surface area contributed by atoms with E-state index in [0.29, 0.717) is 19.4 Å². The predicted octanol–water partition coefficient (Wildman–Crippen LogP) is 0.243. The summed E-state index contributed by atoms with van der Waals surface area (Å²) in [6, 6.07) is 0. The van der Waals surface area contributed by atoms with Crippen molar-refractivity contribution >= 4 is 11.7 Å². The molecule has 0 saturated heterocycles. The maximum absolute atomic E-state index is 11.5. The first-order valence-corrected chi connectivity index (χ1v) is 5.64. The van der Waals surface area contributed by atoms with Gasteiger partial charge in [0.2, 0.25) is 5.91 Å². The molecule has 2 unspecified atom stereocenters. The van der Waals surface area contributed by atoms with Crippen LogP contribution < -0.4 is 5.32 Å². The van der Waals surface area contributed by atoms with Crippen LogP contribution in [-0.2, 0) is 9.59 Å². The lowest BCUT2D eigenvalue weighted by Crippen LogP contribution is -2.41. The number of aliphatic hydroxyl groups excluding tert-OH is 1. The van der Waals surface area contributed by atoms with Gasteiger partial charge in [0, 0.05) is 25.3 Å². The van der Waals surface area contributed by atoms with Crippen LogP contribution in [0.3, 0.4) is 0 Å². The van der Waals surface area contributed by atoms with Crippen LogP contribution in [-0.4, -0.2) is 29.4 Å². The lowest BCUT2D eigenvalue weighted by Gasteiger charge is -2.24. The van der Waals surface area contributed by atoms with E-state index in [1.807, 2.05) is 0 Å². The van der Waals surface area contributed by atoms with Gasteiger partial charge in [0.1, 0.15) is 5.78 Å². The van der Waals surface area contributed by atoms with E-state index in [1.165, 1.54) is 0 Å². The summed E-state index contributed by atoms with van der Waals surface area (Å²) >= 11 is 0. The van der Waals surface area contributed by atoms with E-state index in [0.717, 1.165) is 19.3 Å². The first kappa shape index (κ1) is 10.6. The number of ketones is 1. The topological polar surface area (TPSA) is 66.4 Å². The molecule has 0 aromatic heterocycles. The highest BCUT2D eigenvalue weighted by Gasteiger charge is 2.33. The Labute approximate surface area is 89.0 Å². The highest BCUT2D eigenvalue weighted by atomic mass is 16.3. The number of nitrogens with one attached hydrogen (secondary N) is 1. The minimum atomic E-state index is -0.256. The van der Waals surface area contributed by atoms with Crippen molar-refractivity contribution in [2.24, 2.45) is 11.8 Å². The third-order valence-electron chi connectivity index (χ3n) is 3.48. The van der Waals surface area contributed by atoms with Gasteiger partial charge in [-0.25, -0.2) is 0 Å². The number of Topliss-reactive ketones (excluding diaryl/α,β-unsaturated/α-hetero) is 1. The summed E-state index contributed by atoms with van der Waals surface area (Å²) in [5.74, 6) is 0.269.